The van der Waals surface area contributed by atoms with Gasteiger partial charge in [-0.2, -0.15) is 5.10 Å². The third-order valence-corrected chi connectivity index (χ3v) is 3.17. The molecule has 0 aliphatic rings. The van der Waals surface area contributed by atoms with Gasteiger partial charge in [-0.15, -0.1) is 0 Å². The molecular formula is C15H19FN4O. The largest absolute Gasteiger partial charge is 0.399 e. The molecule has 112 valence electrons. The summed E-state index contributed by atoms with van der Waals surface area (Å²) in [4.78, 5) is 14.0. The number of benzene rings is 1. The van der Waals surface area contributed by atoms with Crippen LogP contribution in [0, 0.1) is 5.82 Å². The van der Waals surface area contributed by atoms with Crippen molar-refractivity contribution in [1.82, 2.24) is 9.78 Å². The Hall–Kier alpha value is -2.37. The van der Waals surface area contributed by atoms with Crippen LogP contribution in [0.2, 0.25) is 0 Å². The quantitative estimate of drug-likeness (QED) is 0.854. The molecule has 0 saturated heterocycles. The van der Waals surface area contributed by atoms with E-state index >= 15 is 0 Å². The second-order valence-corrected chi connectivity index (χ2v) is 5.02. The van der Waals surface area contributed by atoms with Crippen molar-refractivity contribution in [2.24, 2.45) is 0 Å². The maximum atomic E-state index is 13.3. The van der Waals surface area contributed by atoms with Crippen molar-refractivity contribution in [2.45, 2.75) is 19.9 Å². The number of hydrogen-bond acceptors (Lipinski definition) is 4. The van der Waals surface area contributed by atoms with Gasteiger partial charge in [0.25, 0.3) is 5.56 Å². The summed E-state index contributed by atoms with van der Waals surface area (Å²) in [6.07, 6.45) is 2.63. The molecule has 0 aliphatic heterocycles. The predicted octanol–water partition coefficient (Wildman–Crippen LogP) is 1.86. The lowest BCUT2D eigenvalue weighted by Crippen LogP contribution is -2.26. The molecule has 0 fully saturated rings. The fraction of sp³-hybridized carbons (Fsp3) is 0.333. The lowest BCUT2D eigenvalue weighted by Gasteiger charge is -2.17. The average Bonchev–Trinajstić information content (AvgIpc) is 2.40. The zero-order chi connectivity index (χ0) is 15.4. The van der Waals surface area contributed by atoms with Gasteiger partial charge in [0.05, 0.1) is 18.4 Å². The Bertz CT molecular complexity index is 663. The SMILES string of the molecule is CCCN(C)c1cnn(Cc2cc(N)cc(F)c2)c(=O)c1. The Morgan fingerprint density at radius 2 is 2.10 bits per heavy atom. The molecule has 0 aliphatic carbocycles. The van der Waals surface area contributed by atoms with Crippen LogP contribution in [0.5, 0.6) is 0 Å². The third-order valence-electron chi connectivity index (χ3n) is 3.17. The Kier molecular flexibility index (Phi) is 4.57. The first-order valence-electron chi connectivity index (χ1n) is 6.83. The normalized spacial score (nSPS) is 10.6. The Labute approximate surface area is 122 Å². The van der Waals surface area contributed by atoms with Gasteiger partial charge in [0.15, 0.2) is 0 Å². The van der Waals surface area contributed by atoms with Crippen LogP contribution < -0.4 is 16.2 Å². The van der Waals surface area contributed by atoms with Crippen LogP contribution >= 0.6 is 0 Å². The number of rotatable bonds is 5. The third kappa shape index (κ3) is 3.81. The molecule has 21 heavy (non-hydrogen) atoms. The molecule has 5 nitrogen and oxygen atoms in total. The molecule has 1 aromatic carbocycles. The van der Waals surface area contributed by atoms with E-state index in [9.17, 15) is 9.18 Å². The van der Waals surface area contributed by atoms with Crippen LogP contribution in [-0.4, -0.2) is 23.4 Å². The minimum absolute atomic E-state index is 0.193. The first kappa shape index (κ1) is 15.0. The van der Waals surface area contributed by atoms with Gasteiger partial charge in [0.1, 0.15) is 5.82 Å². The number of nitrogens with zero attached hydrogens (tertiary/aromatic N) is 3. The Balaban J connectivity index is 2.23. The highest BCUT2D eigenvalue weighted by molar-refractivity contribution is 5.43. The second-order valence-electron chi connectivity index (χ2n) is 5.02. The number of halogens is 1. The Morgan fingerprint density at radius 3 is 2.71 bits per heavy atom. The highest BCUT2D eigenvalue weighted by Crippen LogP contribution is 2.12. The molecule has 0 saturated carbocycles. The molecule has 0 bridgehead atoms. The fourth-order valence-corrected chi connectivity index (χ4v) is 2.16. The molecule has 0 unspecified atom stereocenters. The molecular weight excluding hydrogens is 271 g/mol. The second kappa shape index (κ2) is 6.39. The summed E-state index contributed by atoms with van der Waals surface area (Å²) in [5.41, 5.74) is 7.08. The number of nitrogen functional groups attached to an aromatic ring is 1. The summed E-state index contributed by atoms with van der Waals surface area (Å²) in [5.74, 6) is -0.419. The highest BCUT2D eigenvalue weighted by atomic mass is 19.1. The lowest BCUT2D eigenvalue weighted by molar-refractivity contribution is 0.610. The van der Waals surface area contributed by atoms with Crippen molar-refractivity contribution in [2.75, 3.05) is 24.2 Å². The maximum Gasteiger partial charge on any atom is 0.269 e. The minimum atomic E-state index is -0.419. The summed E-state index contributed by atoms with van der Waals surface area (Å²) < 4.78 is 14.6. The van der Waals surface area contributed by atoms with E-state index in [2.05, 4.69) is 12.0 Å². The van der Waals surface area contributed by atoms with E-state index in [1.54, 1.807) is 12.3 Å². The molecule has 0 radical (unpaired) electrons. The molecule has 2 N–H and O–H groups in total. The van der Waals surface area contributed by atoms with Crippen LogP contribution in [0.15, 0.2) is 35.3 Å². The van der Waals surface area contributed by atoms with Crippen molar-refractivity contribution >= 4 is 11.4 Å². The first-order valence-corrected chi connectivity index (χ1v) is 6.83. The smallest absolute Gasteiger partial charge is 0.269 e. The van der Waals surface area contributed by atoms with Crippen LogP contribution in [0.3, 0.4) is 0 Å². The fourth-order valence-electron chi connectivity index (χ4n) is 2.16. The van der Waals surface area contributed by atoms with Gasteiger partial charge in [-0.1, -0.05) is 6.92 Å². The monoisotopic (exact) mass is 290 g/mol. The molecule has 0 atom stereocenters. The zero-order valence-electron chi connectivity index (χ0n) is 12.2. The van der Waals surface area contributed by atoms with E-state index < -0.39 is 5.82 Å². The number of aromatic nitrogens is 2. The standard InChI is InChI=1S/C15H19FN4O/c1-3-4-19(2)14-8-15(21)20(18-9-14)10-11-5-12(16)7-13(17)6-11/h5-9H,3-4,10,17H2,1-2H3. The average molecular weight is 290 g/mol. The number of nitrogens with two attached hydrogens (primary N) is 1. The number of hydrogen-bond donors (Lipinski definition) is 1. The van der Waals surface area contributed by atoms with Gasteiger partial charge < -0.3 is 10.6 Å². The topological polar surface area (TPSA) is 64.2 Å². The summed E-state index contributed by atoms with van der Waals surface area (Å²) in [5, 5.41) is 4.14. The van der Waals surface area contributed by atoms with Gasteiger partial charge in [-0.05, 0) is 30.2 Å². The summed E-state index contributed by atoms with van der Waals surface area (Å²) >= 11 is 0. The van der Waals surface area contributed by atoms with E-state index in [-0.39, 0.29) is 12.1 Å². The van der Waals surface area contributed by atoms with Gasteiger partial charge >= 0.3 is 0 Å². The van der Waals surface area contributed by atoms with Crippen LogP contribution in [0.25, 0.3) is 0 Å². The zero-order valence-corrected chi connectivity index (χ0v) is 12.2. The van der Waals surface area contributed by atoms with Crippen molar-refractivity contribution in [3.8, 4) is 0 Å². The lowest BCUT2D eigenvalue weighted by atomic mass is 10.2. The van der Waals surface area contributed by atoms with E-state index in [1.165, 1.54) is 22.9 Å². The summed E-state index contributed by atoms with van der Waals surface area (Å²) in [6, 6.07) is 5.75. The van der Waals surface area contributed by atoms with Crippen molar-refractivity contribution < 1.29 is 4.39 Å². The van der Waals surface area contributed by atoms with Crippen LogP contribution in [0.4, 0.5) is 15.8 Å². The molecule has 2 rings (SSSR count). The maximum absolute atomic E-state index is 13.3. The van der Waals surface area contributed by atoms with E-state index in [0.29, 0.717) is 11.3 Å². The molecule has 1 heterocycles. The highest BCUT2D eigenvalue weighted by Gasteiger charge is 2.06. The Morgan fingerprint density at radius 1 is 1.33 bits per heavy atom. The van der Waals surface area contributed by atoms with Crippen LogP contribution in [0.1, 0.15) is 18.9 Å². The summed E-state index contributed by atoms with van der Waals surface area (Å²) in [6.45, 7) is 3.11. The summed E-state index contributed by atoms with van der Waals surface area (Å²) in [7, 11) is 1.91. The molecule has 0 amide bonds. The van der Waals surface area contributed by atoms with E-state index in [4.69, 9.17) is 5.73 Å². The van der Waals surface area contributed by atoms with Crippen LogP contribution in [-0.2, 0) is 6.54 Å². The predicted molar refractivity (Wildman–Crippen MR) is 82.0 cm³/mol. The van der Waals surface area contributed by atoms with Gasteiger partial charge in [-0.3, -0.25) is 4.79 Å². The molecule has 2 aromatic rings. The van der Waals surface area contributed by atoms with Gasteiger partial charge in [-0.25, -0.2) is 9.07 Å². The van der Waals surface area contributed by atoms with Gasteiger partial charge in [0, 0.05) is 25.3 Å². The van der Waals surface area contributed by atoms with Crippen molar-refractivity contribution in [3.05, 3.63) is 52.2 Å². The van der Waals surface area contributed by atoms with E-state index in [1.807, 2.05) is 11.9 Å². The van der Waals surface area contributed by atoms with Crippen molar-refractivity contribution in [1.29, 1.82) is 0 Å². The molecule has 1 aromatic heterocycles. The minimum Gasteiger partial charge on any atom is -0.399 e. The molecule has 6 heteroatoms. The van der Waals surface area contributed by atoms with Gasteiger partial charge in [0.2, 0.25) is 0 Å². The first-order chi connectivity index (χ1) is 9.99. The number of anilines is 2. The van der Waals surface area contributed by atoms with Crippen molar-refractivity contribution in [3.63, 3.8) is 0 Å². The van der Waals surface area contributed by atoms with E-state index in [0.717, 1.165) is 18.7 Å². The molecule has 0 spiro atoms.